The molecule has 0 heterocycles. The Bertz CT molecular complexity index is 1050. The molecule has 0 spiro atoms. The third-order valence-corrected chi connectivity index (χ3v) is 6.63. The number of ether oxygens (including phenoxy) is 1. The van der Waals surface area contributed by atoms with Gasteiger partial charge in [-0.05, 0) is 41.0 Å². The Kier molecular flexibility index (Phi) is 8.11. The second-order valence-corrected chi connectivity index (χ2v) is 8.43. The van der Waals surface area contributed by atoms with Gasteiger partial charge < -0.3 is 15.1 Å². The zero-order valence-electron chi connectivity index (χ0n) is 16.3. The van der Waals surface area contributed by atoms with E-state index >= 15 is 0 Å². The van der Waals surface area contributed by atoms with Crippen LogP contribution in [0.2, 0.25) is 0 Å². The molecule has 1 atom stereocenters. The van der Waals surface area contributed by atoms with Crippen LogP contribution >= 0.6 is 0 Å². The van der Waals surface area contributed by atoms with Crippen molar-refractivity contribution >= 4 is 15.8 Å². The largest absolute Gasteiger partial charge is 0.497 e. The van der Waals surface area contributed by atoms with Crippen molar-refractivity contribution in [2.45, 2.75) is 16.6 Å². The van der Waals surface area contributed by atoms with E-state index in [4.69, 9.17) is 9.94 Å². The monoisotopic (exact) mass is 429 g/mol. The van der Waals surface area contributed by atoms with Crippen molar-refractivity contribution in [3.05, 3.63) is 84.4 Å². The first kappa shape index (κ1) is 23.1. The topological polar surface area (TPSA) is 127 Å². The second kappa shape index (κ2) is 10.5. The zero-order chi connectivity index (χ0) is 22.1. The van der Waals surface area contributed by atoms with Crippen molar-refractivity contribution in [1.82, 2.24) is 0 Å². The van der Waals surface area contributed by atoms with Crippen molar-refractivity contribution in [2.24, 2.45) is 5.90 Å². The first-order valence-electron chi connectivity index (χ1n) is 8.93. The summed E-state index contributed by atoms with van der Waals surface area (Å²) >= 11 is 0. The third kappa shape index (κ3) is 5.44. The van der Waals surface area contributed by atoms with Gasteiger partial charge in [0, 0.05) is 0 Å². The highest BCUT2D eigenvalue weighted by Crippen LogP contribution is 2.33. The Morgan fingerprint density at radius 1 is 0.900 bits per heavy atom. The summed E-state index contributed by atoms with van der Waals surface area (Å²) in [5, 5.41) is 14.6. The van der Waals surface area contributed by atoms with E-state index in [-0.39, 0.29) is 4.90 Å². The maximum atomic E-state index is 13.1. The number of carbonyl (C=O) groups is 1. The van der Waals surface area contributed by atoms with Crippen molar-refractivity contribution in [1.29, 1.82) is 0 Å². The minimum absolute atomic E-state index is 0.0617. The van der Waals surface area contributed by atoms with Crippen LogP contribution in [0.4, 0.5) is 0 Å². The van der Waals surface area contributed by atoms with Gasteiger partial charge in [-0.2, -0.15) is 0 Å². The van der Waals surface area contributed by atoms with Gasteiger partial charge in [0.15, 0.2) is 9.84 Å². The molecule has 0 saturated heterocycles. The Hall–Kier alpha value is -3.20. The zero-order valence-corrected chi connectivity index (χ0v) is 17.1. The number of carboxylic acids is 1. The van der Waals surface area contributed by atoms with Gasteiger partial charge in [-0.25, -0.2) is 14.3 Å². The Morgan fingerprint density at radius 2 is 1.43 bits per heavy atom. The number of aliphatic carboxylic acids is 1. The minimum Gasteiger partial charge on any atom is -0.497 e. The average molecular weight is 429 g/mol. The molecular formula is C22H23NO6S. The standard InChI is InChI=1S/C22H20O5S.H3NO/c1-27-19-11-13-20(14-12-19)28(25,26)21(15-22(23)24)18-9-7-17(8-10-18)16-5-3-2-4-6-16;1-2/h2-14,21H,15H2,1H3,(H,23,24);2H,1H2. The molecule has 0 aliphatic heterocycles. The number of methoxy groups -OCH3 is 1. The van der Waals surface area contributed by atoms with E-state index < -0.39 is 27.5 Å². The van der Waals surface area contributed by atoms with Crippen molar-refractivity contribution in [2.75, 3.05) is 7.11 Å². The van der Waals surface area contributed by atoms with Crippen molar-refractivity contribution in [3.8, 4) is 16.9 Å². The Balaban J connectivity index is 0.00000155. The van der Waals surface area contributed by atoms with Crippen molar-refractivity contribution in [3.63, 3.8) is 0 Å². The molecule has 0 aliphatic rings. The van der Waals surface area contributed by atoms with Crippen LogP contribution in [-0.4, -0.2) is 31.8 Å². The molecule has 3 aromatic rings. The summed E-state index contributed by atoms with van der Waals surface area (Å²) in [6, 6.07) is 22.6. The second-order valence-electron chi connectivity index (χ2n) is 6.30. The smallest absolute Gasteiger partial charge is 0.305 e. The molecule has 0 bridgehead atoms. The molecule has 0 radical (unpaired) electrons. The quantitative estimate of drug-likeness (QED) is 0.489. The van der Waals surface area contributed by atoms with Gasteiger partial charge in [-0.1, -0.05) is 54.6 Å². The number of sulfone groups is 1. The normalized spacial score (nSPS) is 11.7. The summed E-state index contributed by atoms with van der Waals surface area (Å²) in [5.74, 6) is 2.86. The van der Waals surface area contributed by atoms with Gasteiger partial charge in [-0.15, -0.1) is 0 Å². The molecule has 8 heteroatoms. The molecule has 30 heavy (non-hydrogen) atoms. The maximum Gasteiger partial charge on any atom is 0.305 e. The van der Waals surface area contributed by atoms with E-state index in [9.17, 15) is 18.3 Å². The molecule has 0 saturated carbocycles. The summed E-state index contributed by atoms with van der Waals surface area (Å²) in [6.45, 7) is 0. The number of carboxylic acid groups (broad SMARTS) is 1. The fourth-order valence-electron chi connectivity index (χ4n) is 3.02. The third-order valence-electron chi connectivity index (χ3n) is 4.51. The van der Waals surface area contributed by atoms with Crippen LogP contribution in [0.25, 0.3) is 11.1 Å². The van der Waals surface area contributed by atoms with Gasteiger partial charge in [-0.3, -0.25) is 4.79 Å². The van der Waals surface area contributed by atoms with Gasteiger partial charge in [0.05, 0.1) is 18.4 Å². The molecule has 0 aliphatic carbocycles. The molecule has 3 rings (SSSR count). The molecule has 0 aromatic heterocycles. The fourth-order valence-corrected chi connectivity index (χ4v) is 4.74. The Labute approximate surface area is 175 Å². The lowest BCUT2D eigenvalue weighted by Gasteiger charge is -2.17. The molecular weight excluding hydrogens is 406 g/mol. The molecule has 3 aromatic carbocycles. The minimum atomic E-state index is -3.89. The first-order valence-corrected chi connectivity index (χ1v) is 10.5. The predicted molar refractivity (Wildman–Crippen MR) is 113 cm³/mol. The highest BCUT2D eigenvalue weighted by atomic mass is 32.2. The lowest BCUT2D eigenvalue weighted by molar-refractivity contribution is -0.137. The molecule has 1 unspecified atom stereocenters. The summed E-state index contributed by atoms with van der Waals surface area (Å²) in [7, 11) is -2.40. The van der Waals surface area contributed by atoms with Gasteiger partial charge in [0.2, 0.25) is 0 Å². The van der Waals surface area contributed by atoms with E-state index in [0.29, 0.717) is 11.3 Å². The van der Waals surface area contributed by atoms with E-state index in [1.807, 2.05) is 42.5 Å². The molecule has 0 amide bonds. The summed E-state index contributed by atoms with van der Waals surface area (Å²) in [5.41, 5.74) is 2.38. The van der Waals surface area contributed by atoms with Gasteiger partial charge in [0.25, 0.3) is 0 Å². The SMILES string of the molecule is COc1ccc(S(=O)(=O)C(CC(=O)O)c2ccc(-c3ccccc3)cc2)cc1.NO. The van der Waals surface area contributed by atoms with E-state index in [1.54, 1.807) is 24.3 Å². The van der Waals surface area contributed by atoms with Gasteiger partial charge >= 0.3 is 5.97 Å². The van der Waals surface area contributed by atoms with Crippen LogP contribution in [0.3, 0.4) is 0 Å². The molecule has 0 fully saturated rings. The number of nitrogens with two attached hydrogens (primary N) is 1. The lowest BCUT2D eigenvalue weighted by atomic mass is 10.0. The van der Waals surface area contributed by atoms with Crippen molar-refractivity contribution < 1.29 is 28.3 Å². The lowest BCUT2D eigenvalue weighted by Crippen LogP contribution is -2.17. The van der Waals surface area contributed by atoms with Crippen LogP contribution in [0.15, 0.2) is 83.8 Å². The van der Waals surface area contributed by atoms with E-state index in [1.165, 1.54) is 19.2 Å². The predicted octanol–water partition coefficient (Wildman–Crippen LogP) is 3.69. The first-order chi connectivity index (χ1) is 14.4. The van der Waals surface area contributed by atoms with Crippen LogP contribution in [0.1, 0.15) is 17.2 Å². The summed E-state index contributed by atoms with van der Waals surface area (Å²) in [6.07, 6.45) is -0.515. The van der Waals surface area contributed by atoms with E-state index in [0.717, 1.165) is 11.1 Å². The van der Waals surface area contributed by atoms with Gasteiger partial charge in [0.1, 0.15) is 11.0 Å². The number of rotatable bonds is 7. The average Bonchev–Trinajstić information content (AvgIpc) is 2.79. The number of hydrogen-bond acceptors (Lipinski definition) is 6. The molecule has 7 nitrogen and oxygen atoms in total. The van der Waals surface area contributed by atoms with Crippen LogP contribution < -0.4 is 10.6 Å². The highest BCUT2D eigenvalue weighted by Gasteiger charge is 2.31. The number of benzene rings is 3. The summed E-state index contributed by atoms with van der Waals surface area (Å²) in [4.78, 5) is 11.4. The molecule has 4 N–H and O–H groups in total. The highest BCUT2D eigenvalue weighted by molar-refractivity contribution is 7.91. The van der Waals surface area contributed by atoms with Crippen LogP contribution in [0, 0.1) is 0 Å². The van der Waals surface area contributed by atoms with Crippen LogP contribution in [-0.2, 0) is 14.6 Å². The Morgan fingerprint density at radius 3 is 1.93 bits per heavy atom. The van der Waals surface area contributed by atoms with Crippen LogP contribution in [0.5, 0.6) is 5.75 Å². The fraction of sp³-hybridized carbons (Fsp3) is 0.136. The molecule has 158 valence electrons. The number of hydrogen-bond donors (Lipinski definition) is 3. The van der Waals surface area contributed by atoms with E-state index in [2.05, 4.69) is 5.90 Å². The summed E-state index contributed by atoms with van der Waals surface area (Å²) < 4.78 is 31.3. The maximum absolute atomic E-state index is 13.1.